The molecule has 2 saturated heterocycles. The number of piperidine rings is 2. The maximum atomic E-state index is 12.6. The van der Waals surface area contributed by atoms with Gasteiger partial charge in [-0.1, -0.05) is 49.6 Å². The van der Waals surface area contributed by atoms with E-state index in [-0.39, 0.29) is 11.8 Å². The number of amides is 2. The van der Waals surface area contributed by atoms with Crippen LogP contribution in [0.2, 0.25) is 0 Å². The molecule has 0 N–H and O–H groups in total. The predicted molar refractivity (Wildman–Crippen MR) is 120 cm³/mol. The van der Waals surface area contributed by atoms with Crippen LogP contribution in [0.1, 0.15) is 69.8 Å². The highest BCUT2D eigenvalue weighted by molar-refractivity contribution is 5.79. The van der Waals surface area contributed by atoms with Crippen LogP contribution in [0.15, 0.2) is 30.3 Å². The Morgan fingerprint density at radius 2 is 1.40 bits per heavy atom. The standard InChI is InChI=1S/C26H38N2O2/c29-25(27-16-13-22(14-17-27)19-21-7-2-1-3-8-21)11-6-12-26(30)28-18-15-23-9-4-5-10-24(23)20-28/h1-3,7-8,22-24H,4-6,9-20H2. The minimum Gasteiger partial charge on any atom is -0.343 e. The van der Waals surface area contributed by atoms with Crippen LogP contribution in [0.5, 0.6) is 0 Å². The molecule has 4 rings (SSSR count). The Morgan fingerprint density at radius 3 is 2.13 bits per heavy atom. The van der Waals surface area contributed by atoms with Crippen molar-refractivity contribution in [3.05, 3.63) is 35.9 Å². The van der Waals surface area contributed by atoms with Crippen molar-refractivity contribution < 1.29 is 9.59 Å². The first-order valence-electron chi connectivity index (χ1n) is 12.3. The average molecular weight is 411 g/mol. The highest BCUT2D eigenvalue weighted by atomic mass is 16.2. The molecule has 0 aromatic heterocycles. The molecule has 4 heteroatoms. The molecule has 0 bridgehead atoms. The zero-order valence-electron chi connectivity index (χ0n) is 18.4. The van der Waals surface area contributed by atoms with E-state index >= 15 is 0 Å². The summed E-state index contributed by atoms with van der Waals surface area (Å²) in [6, 6.07) is 10.7. The molecular formula is C26H38N2O2. The molecule has 0 radical (unpaired) electrons. The van der Waals surface area contributed by atoms with Gasteiger partial charge in [0.15, 0.2) is 0 Å². The maximum absolute atomic E-state index is 12.6. The molecule has 30 heavy (non-hydrogen) atoms. The van der Waals surface area contributed by atoms with E-state index in [9.17, 15) is 9.59 Å². The second-order valence-corrected chi connectivity index (χ2v) is 9.80. The molecule has 3 fully saturated rings. The highest BCUT2D eigenvalue weighted by Crippen LogP contribution is 2.36. The minimum atomic E-state index is 0.243. The second kappa shape index (κ2) is 10.5. The highest BCUT2D eigenvalue weighted by Gasteiger charge is 2.32. The summed E-state index contributed by atoms with van der Waals surface area (Å²) >= 11 is 0. The number of carbonyl (C=O) groups excluding carboxylic acids is 2. The van der Waals surface area contributed by atoms with Crippen LogP contribution in [0, 0.1) is 17.8 Å². The number of rotatable bonds is 6. The van der Waals surface area contributed by atoms with Crippen molar-refractivity contribution in [1.29, 1.82) is 0 Å². The van der Waals surface area contributed by atoms with Crippen molar-refractivity contribution >= 4 is 11.8 Å². The van der Waals surface area contributed by atoms with E-state index in [4.69, 9.17) is 0 Å². The van der Waals surface area contributed by atoms with Gasteiger partial charge in [-0.15, -0.1) is 0 Å². The van der Waals surface area contributed by atoms with Gasteiger partial charge in [0.25, 0.3) is 0 Å². The first kappa shape index (κ1) is 21.4. The molecule has 1 saturated carbocycles. The molecule has 2 aliphatic heterocycles. The fourth-order valence-corrected chi connectivity index (χ4v) is 5.87. The molecule has 3 aliphatic rings. The van der Waals surface area contributed by atoms with Gasteiger partial charge in [-0.3, -0.25) is 9.59 Å². The normalized spacial score (nSPS) is 25.1. The van der Waals surface area contributed by atoms with E-state index < -0.39 is 0 Å². The molecule has 2 amide bonds. The second-order valence-electron chi connectivity index (χ2n) is 9.80. The lowest BCUT2D eigenvalue weighted by atomic mass is 9.75. The summed E-state index contributed by atoms with van der Waals surface area (Å²) in [6.45, 7) is 3.65. The largest absolute Gasteiger partial charge is 0.343 e. The SMILES string of the molecule is O=C(CCCC(=O)N1CCC2CCCCC2C1)N1CCC(Cc2ccccc2)CC1. The van der Waals surface area contributed by atoms with Crippen LogP contribution >= 0.6 is 0 Å². The molecular weight excluding hydrogens is 372 g/mol. The molecule has 0 spiro atoms. The summed E-state index contributed by atoms with van der Waals surface area (Å²) < 4.78 is 0. The Morgan fingerprint density at radius 1 is 0.767 bits per heavy atom. The fourth-order valence-electron chi connectivity index (χ4n) is 5.87. The number of likely N-dealkylation sites (tertiary alicyclic amines) is 2. The summed E-state index contributed by atoms with van der Waals surface area (Å²) in [6.07, 6.45) is 11.6. The average Bonchev–Trinajstić information content (AvgIpc) is 2.79. The van der Waals surface area contributed by atoms with Crippen LogP contribution in [-0.4, -0.2) is 47.8 Å². The minimum absolute atomic E-state index is 0.243. The van der Waals surface area contributed by atoms with Gasteiger partial charge in [-0.2, -0.15) is 0 Å². The monoisotopic (exact) mass is 410 g/mol. The maximum Gasteiger partial charge on any atom is 0.222 e. The third kappa shape index (κ3) is 5.65. The lowest BCUT2D eigenvalue weighted by molar-refractivity contribution is -0.135. The van der Waals surface area contributed by atoms with Crippen molar-refractivity contribution in [3.63, 3.8) is 0 Å². The van der Waals surface area contributed by atoms with Crippen molar-refractivity contribution in [1.82, 2.24) is 9.80 Å². The zero-order chi connectivity index (χ0) is 20.8. The Balaban J connectivity index is 1.13. The van der Waals surface area contributed by atoms with Crippen LogP contribution in [0.25, 0.3) is 0 Å². The van der Waals surface area contributed by atoms with Crippen LogP contribution in [0.3, 0.4) is 0 Å². The van der Waals surface area contributed by atoms with Gasteiger partial charge >= 0.3 is 0 Å². The number of fused-ring (bicyclic) bond motifs is 1. The molecule has 164 valence electrons. The van der Waals surface area contributed by atoms with Gasteiger partial charge in [-0.25, -0.2) is 0 Å². The van der Waals surface area contributed by atoms with Gasteiger partial charge in [0.2, 0.25) is 11.8 Å². The summed E-state index contributed by atoms with van der Waals surface area (Å²) in [5.41, 5.74) is 1.40. The van der Waals surface area contributed by atoms with Gasteiger partial charge < -0.3 is 9.80 Å². The smallest absolute Gasteiger partial charge is 0.222 e. The third-order valence-electron chi connectivity index (χ3n) is 7.76. The number of carbonyl (C=O) groups is 2. The third-order valence-corrected chi connectivity index (χ3v) is 7.76. The van der Waals surface area contributed by atoms with E-state index in [1.807, 2.05) is 4.90 Å². The molecule has 4 nitrogen and oxygen atoms in total. The van der Waals surface area contributed by atoms with Crippen molar-refractivity contribution in [2.45, 2.75) is 70.6 Å². The fraction of sp³-hybridized carbons (Fsp3) is 0.692. The summed E-state index contributed by atoms with van der Waals surface area (Å²) in [5, 5.41) is 0. The Labute approximate surface area is 182 Å². The Kier molecular flexibility index (Phi) is 7.46. The van der Waals surface area contributed by atoms with E-state index in [2.05, 4.69) is 35.2 Å². The summed E-state index contributed by atoms with van der Waals surface area (Å²) in [5.74, 6) is 2.78. The number of benzene rings is 1. The van der Waals surface area contributed by atoms with E-state index in [1.54, 1.807) is 0 Å². The quantitative estimate of drug-likeness (QED) is 0.683. The molecule has 2 atom stereocenters. The van der Waals surface area contributed by atoms with E-state index in [0.717, 1.165) is 57.3 Å². The predicted octanol–water partition coefficient (Wildman–Crippen LogP) is 4.68. The first-order valence-corrected chi connectivity index (χ1v) is 12.3. The van der Waals surface area contributed by atoms with E-state index in [0.29, 0.717) is 25.2 Å². The molecule has 1 aromatic carbocycles. The van der Waals surface area contributed by atoms with Crippen LogP contribution in [-0.2, 0) is 16.0 Å². The summed E-state index contributed by atoms with van der Waals surface area (Å²) in [7, 11) is 0. The van der Waals surface area contributed by atoms with Gasteiger partial charge in [-0.05, 0) is 61.8 Å². The number of hydrogen-bond donors (Lipinski definition) is 0. The molecule has 1 aliphatic carbocycles. The lowest BCUT2D eigenvalue weighted by Gasteiger charge is -2.41. The van der Waals surface area contributed by atoms with Crippen molar-refractivity contribution in [2.75, 3.05) is 26.2 Å². The van der Waals surface area contributed by atoms with Crippen molar-refractivity contribution in [2.24, 2.45) is 17.8 Å². The number of hydrogen-bond acceptors (Lipinski definition) is 2. The molecule has 1 aromatic rings. The van der Waals surface area contributed by atoms with Crippen LogP contribution in [0.4, 0.5) is 0 Å². The summed E-state index contributed by atoms with van der Waals surface area (Å²) in [4.78, 5) is 29.4. The topological polar surface area (TPSA) is 40.6 Å². The Bertz CT molecular complexity index is 696. The van der Waals surface area contributed by atoms with Gasteiger partial charge in [0, 0.05) is 39.0 Å². The lowest BCUT2D eigenvalue weighted by Crippen LogP contribution is -2.44. The van der Waals surface area contributed by atoms with Gasteiger partial charge in [0.1, 0.15) is 0 Å². The van der Waals surface area contributed by atoms with E-state index in [1.165, 1.54) is 37.7 Å². The molecule has 2 heterocycles. The van der Waals surface area contributed by atoms with Gasteiger partial charge in [0.05, 0.1) is 0 Å². The zero-order valence-corrected chi connectivity index (χ0v) is 18.4. The Hall–Kier alpha value is -1.84. The number of nitrogens with zero attached hydrogens (tertiary/aromatic N) is 2. The molecule has 2 unspecified atom stereocenters. The van der Waals surface area contributed by atoms with Crippen molar-refractivity contribution in [3.8, 4) is 0 Å². The first-order chi connectivity index (χ1) is 14.7. The van der Waals surface area contributed by atoms with Crippen LogP contribution < -0.4 is 0 Å².